The van der Waals surface area contributed by atoms with Crippen LogP contribution < -0.4 is 15.0 Å². The molecule has 1 aromatic heterocycles. The maximum Gasteiger partial charge on any atom is 0.223 e. The number of hydrogen-bond donors (Lipinski definition) is 1. The van der Waals surface area contributed by atoms with Gasteiger partial charge in [-0.15, -0.1) is 0 Å². The number of fused-ring (bicyclic) bond motifs is 1. The Labute approximate surface area is 192 Å². The SMILES string of the molecule is CCOc1ccc2ncc(C#N)c(N3CCC(C(=O)NCc4ccc(Cl)cc4)CC3)c2c1. The van der Waals surface area contributed by atoms with Gasteiger partial charge in [0.1, 0.15) is 11.8 Å². The first-order chi connectivity index (χ1) is 15.6. The molecule has 3 aromatic rings. The smallest absolute Gasteiger partial charge is 0.223 e. The van der Waals surface area contributed by atoms with Crippen LogP contribution in [0.5, 0.6) is 5.75 Å². The zero-order chi connectivity index (χ0) is 22.5. The molecule has 1 aliphatic heterocycles. The number of nitrogens with zero attached hydrogens (tertiary/aromatic N) is 3. The summed E-state index contributed by atoms with van der Waals surface area (Å²) in [4.78, 5) is 19.3. The summed E-state index contributed by atoms with van der Waals surface area (Å²) in [6, 6.07) is 15.5. The Morgan fingerprint density at radius 1 is 1.25 bits per heavy atom. The Balaban J connectivity index is 1.46. The van der Waals surface area contributed by atoms with E-state index in [4.69, 9.17) is 16.3 Å². The van der Waals surface area contributed by atoms with E-state index in [2.05, 4.69) is 21.3 Å². The van der Waals surface area contributed by atoms with Crippen LogP contribution in [-0.4, -0.2) is 30.6 Å². The number of carbonyl (C=O) groups excluding carboxylic acids is 1. The van der Waals surface area contributed by atoms with Gasteiger partial charge in [0.25, 0.3) is 0 Å². The number of hydrogen-bond acceptors (Lipinski definition) is 5. The molecule has 0 spiro atoms. The fourth-order valence-corrected chi connectivity index (χ4v) is 4.26. The molecule has 6 nitrogen and oxygen atoms in total. The van der Waals surface area contributed by atoms with Crippen LogP contribution in [0.3, 0.4) is 0 Å². The first kappa shape index (κ1) is 21.9. The van der Waals surface area contributed by atoms with Gasteiger partial charge in [-0.05, 0) is 55.7 Å². The molecule has 32 heavy (non-hydrogen) atoms. The fraction of sp³-hybridized carbons (Fsp3) is 0.320. The summed E-state index contributed by atoms with van der Waals surface area (Å²) in [5.74, 6) is 0.782. The van der Waals surface area contributed by atoms with E-state index in [0.717, 1.165) is 40.7 Å². The van der Waals surface area contributed by atoms with Gasteiger partial charge in [-0.25, -0.2) is 0 Å². The highest BCUT2D eigenvalue weighted by molar-refractivity contribution is 6.30. The van der Waals surface area contributed by atoms with Crippen LogP contribution in [0, 0.1) is 17.2 Å². The number of piperidine rings is 1. The van der Waals surface area contributed by atoms with Gasteiger partial charge in [0.15, 0.2) is 0 Å². The van der Waals surface area contributed by atoms with Gasteiger partial charge in [-0.2, -0.15) is 5.26 Å². The molecule has 0 radical (unpaired) electrons. The van der Waals surface area contributed by atoms with Gasteiger partial charge >= 0.3 is 0 Å². The molecule has 2 aromatic carbocycles. The minimum absolute atomic E-state index is 0.0452. The van der Waals surface area contributed by atoms with Crippen molar-refractivity contribution in [3.05, 3.63) is 64.8 Å². The first-order valence-corrected chi connectivity index (χ1v) is 11.2. The van der Waals surface area contributed by atoms with E-state index in [-0.39, 0.29) is 11.8 Å². The normalized spacial score (nSPS) is 14.2. The summed E-state index contributed by atoms with van der Waals surface area (Å²) in [5.41, 5.74) is 3.26. The van der Waals surface area contributed by atoms with Gasteiger partial charge in [-0.3, -0.25) is 9.78 Å². The number of aromatic nitrogens is 1. The van der Waals surface area contributed by atoms with Crippen molar-refractivity contribution >= 4 is 34.1 Å². The second-order valence-corrected chi connectivity index (χ2v) is 8.29. The summed E-state index contributed by atoms with van der Waals surface area (Å²) in [6.07, 6.45) is 3.08. The zero-order valence-corrected chi connectivity index (χ0v) is 18.7. The van der Waals surface area contributed by atoms with Crippen LogP contribution in [0.25, 0.3) is 10.9 Å². The number of pyridine rings is 1. The van der Waals surface area contributed by atoms with Crippen molar-refractivity contribution in [1.29, 1.82) is 5.26 Å². The molecule has 2 heterocycles. The number of ether oxygens (including phenoxy) is 1. The Kier molecular flexibility index (Phi) is 6.77. The maximum atomic E-state index is 12.7. The first-order valence-electron chi connectivity index (χ1n) is 10.8. The van der Waals surface area contributed by atoms with E-state index in [1.165, 1.54) is 0 Å². The van der Waals surface area contributed by atoms with Crippen molar-refractivity contribution in [1.82, 2.24) is 10.3 Å². The van der Waals surface area contributed by atoms with E-state index >= 15 is 0 Å². The number of amides is 1. The number of anilines is 1. The molecule has 1 N–H and O–H groups in total. The second kappa shape index (κ2) is 9.88. The van der Waals surface area contributed by atoms with Crippen molar-refractivity contribution in [2.75, 3.05) is 24.6 Å². The lowest BCUT2D eigenvalue weighted by Crippen LogP contribution is -2.40. The Bertz CT molecular complexity index is 1150. The van der Waals surface area contributed by atoms with Crippen LogP contribution in [0.2, 0.25) is 5.02 Å². The third-order valence-electron chi connectivity index (χ3n) is 5.80. The molecular formula is C25H25ClN4O2. The van der Waals surface area contributed by atoms with Gasteiger partial charge in [0.05, 0.1) is 23.4 Å². The molecule has 164 valence electrons. The number of halogens is 1. The molecule has 1 saturated heterocycles. The van der Waals surface area contributed by atoms with Crippen LogP contribution >= 0.6 is 11.6 Å². The number of nitriles is 1. The monoisotopic (exact) mass is 448 g/mol. The van der Waals surface area contributed by atoms with E-state index in [0.29, 0.717) is 36.8 Å². The number of benzene rings is 2. The summed E-state index contributed by atoms with van der Waals surface area (Å²) >= 11 is 5.92. The summed E-state index contributed by atoms with van der Waals surface area (Å²) < 4.78 is 5.66. The van der Waals surface area contributed by atoms with E-state index in [9.17, 15) is 10.1 Å². The van der Waals surface area contributed by atoms with Crippen molar-refractivity contribution in [3.63, 3.8) is 0 Å². The molecule has 1 aliphatic rings. The summed E-state index contributed by atoms with van der Waals surface area (Å²) in [5, 5.41) is 14.3. The average Bonchev–Trinajstić information content (AvgIpc) is 2.83. The highest BCUT2D eigenvalue weighted by Gasteiger charge is 2.27. The fourth-order valence-electron chi connectivity index (χ4n) is 4.14. The largest absolute Gasteiger partial charge is 0.494 e. The van der Waals surface area contributed by atoms with Crippen molar-refractivity contribution in [3.8, 4) is 11.8 Å². The summed E-state index contributed by atoms with van der Waals surface area (Å²) in [7, 11) is 0. The zero-order valence-electron chi connectivity index (χ0n) is 18.0. The molecule has 1 fully saturated rings. The molecule has 0 atom stereocenters. The van der Waals surface area contributed by atoms with Gasteiger partial charge in [0, 0.05) is 42.2 Å². The predicted molar refractivity (Wildman–Crippen MR) is 126 cm³/mol. The van der Waals surface area contributed by atoms with E-state index < -0.39 is 0 Å². The molecule has 7 heteroatoms. The Morgan fingerprint density at radius 3 is 2.69 bits per heavy atom. The number of rotatable bonds is 6. The quantitative estimate of drug-likeness (QED) is 0.591. The van der Waals surface area contributed by atoms with Crippen LogP contribution in [-0.2, 0) is 11.3 Å². The van der Waals surface area contributed by atoms with Crippen molar-refractivity contribution in [2.24, 2.45) is 5.92 Å². The molecule has 0 aliphatic carbocycles. The number of nitrogens with one attached hydrogen (secondary N) is 1. The molecule has 0 unspecified atom stereocenters. The molecule has 1 amide bonds. The van der Waals surface area contributed by atoms with Gasteiger partial charge < -0.3 is 15.0 Å². The topological polar surface area (TPSA) is 78.2 Å². The lowest BCUT2D eigenvalue weighted by atomic mass is 9.94. The van der Waals surface area contributed by atoms with Crippen LogP contribution in [0.1, 0.15) is 30.9 Å². The minimum atomic E-state index is -0.0452. The second-order valence-electron chi connectivity index (χ2n) is 7.85. The average molecular weight is 449 g/mol. The third kappa shape index (κ3) is 4.79. The van der Waals surface area contributed by atoms with Gasteiger partial charge in [0.2, 0.25) is 5.91 Å². The molecular weight excluding hydrogens is 424 g/mol. The van der Waals surface area contributed by atoms with Crippen molar-refractivity contribution in [2.45, 2.75) is 26.3 Å². The maximum absolute atomic E-state index is 12.7. The standard InChI is InChI=1S/C25H25ClN4O2/c1-2-32-21-7-8-23-22(13-21)24(19(14-27)16-28-23)30-11-9-18(10-12-30)25(31)29-15-17-3-5-20(26)6-4-17/h3-8,13,16,18H,2,9-12,15H2,1H3,(H,29,31). The van der Waals surface area contributed by atoms with Gasteiger partial charge in [-0.1, -0.05) is 23.7 Å². The van der Waals surface area contributed by atoms with E-state index in [1.54, 1.807) is 6.20 Å². The summed E-state index contributed by atoms with van der Waals surface area (Å²) in [6.45, 7) is 4.40. The molecule has 0 saturated carbocycles. The lowest BCUT2D eigenvalue weighted by molar-refractivity contribution is -0.125. The van der Waals surface area contributed by atoms with Crippen LogP contribution in [0.15, 0.2) is 48.7 Å². The molecule has 0 bridgehead atoms. The van der Waals surface area contributed by atoms with Crippen LogP contribution in [0.4, 0.5) is 5.69 Å². The highest BCUT2D eigenvalue weighted by Crippen LogP contribution is 2.34. The van der Waals surface area contributed by atoms with E-state index in [1.807, 2.05) is 49.4 Å². The number of carbonyl (C=O) groups is 1. The Morgan fingerprint density at radius 2 is 2.00 bits per heavy atom. The van der Waals surface area contributed by atoms with Crippen molar-refractivity contribution < 1.29 is 9.53 Å². The highest BCUT2D eigenvalue weighted by atomic mass is 35.5. The Hall–Kier alpha value is -3.30. The minimum Gasteiger partial charge on any atom is -0.494 e. The lowest BCUT2D eigenvalue weighted by Gasteiger charge is -2.34. The molecule has 4 rings (SSSR count). The predicted octanol–water partition coefficient (Wildman–Crippen LogP) is 4.69. The third-order valence-corrected chi connectivity index (χ3v) is 6.06.